The highest BCUT2D eigenvalue weighted by atomic mass is 35.7. The summed E-state index contributed by atoms with van der Waals surface area (Å²) in [5, 5.41) is 0.000556. The topological polar surface area (TPSA) is 51.2 Å². The fourth-order valence-electron chi connectivity index (χ4n) is 0.780. The molecule has 0 spiro atoms. The number of rotatable bonds is 2. The normalized spacial score (nSPS) is 11.2. The molecule has 1 aromatic carbocycles. The molecule has 0 saturated carbocycles. The van der Waals surface area contributed by atoms with Crippen molar-refractivity contribution in [3.8, 4) is 0 Å². The molecule has 0 saturated heterocycles. The lowest BCUT2D eigenvalue weighted by Crippen LogP contribution is -1.93. The Kier molecular flexibility index (Phi) is 2.95. The third-order valence-corrected chi connectivity index (χ3v) is 3.16. The summed E-state index contributed by atoms with van der Waals surface area (Å²) in [6, 6.07) is 3.83. The molecule has 0 radical (unpaired) electrons. The van der Waals surface area contributed by atoms with E-state index in [-0.39, 0.29) is 15.5 Å². The van der Waals surface area contributed by atoms with Gasteiger partial charge in [0.25, 0.3) is 9.05 Å². The molecule has 0 unspecified atom stereocenters. The van der Waals surface area contributed by atoms with E-state index in [0.717, 1.165) is 6.07 Å². The first-order valence-electron chi connectivity index (χ1n) is 3.14. The number of halogens is 2. The molecule has 1 aromatic rings. The van der Waals surface area contributed by atoms with Crippen LogP contribution in [-0.2, 0) is 9.05 Å². The summed E-state index contributed by atoms with van der Waals surface area (Å²) in [7, 11) is 1.18. The van der Waals surface area contributed by atoms with Gasteiger partial charge in [-0.3, -0.25) is 4.79 Å². The minimum atomic E-state index is -3.88. The lowest BCUT2D eigenvalue weighted by molar-refractivity contribution is 0.112. The number of hydrogen-bond donors (Lipinski definition) is 0. The van der Waals surface area contributed by atoms with E-state index < -0.39 is 9.05 Å². The van der Waals surface area contributed by atoms with Gasteiger partial charge in [0, 0.05) is 16.2 Å². The van der Waals surface area contributed by atoms with Gasteiger partial charge in [-0.2, -0.15) is 0 Å². The van der Waals surface area contributed by atoms with Crippen molar-refractivity contribution in [3.05, 3.63) is 28.8 Å². The van der Waals surface area contributed by atoms with Crippen molar-refractivity contribution in [3.63, 3.8) is 0 Å². The lowest BCUT2D eigenvalue weighted by atomic mass is 10.2. The van der Waals surface area contributed by atoms with Gasteiger partial charge in [-0.05, 0) is 12.1 Å². The average molecular weight is 239 g/mol. The molecule has 0 aliphatic heterocycles. The molecule has 70 valence electrons. The van der Waals surface area contributed by atoms with Gasteiger partial charge in [0.15, 0.2) is 0 Å². The zero-order valence-corrected chi connectivity index (χ0v) is 8.53. The zero-order chi connectivity index (χ0) is 10.1. The summed E-state index contributed by atoms with van der Waals surface area (Å²) < 4.78 is 21.8. The smallest absolute Gasteiger partial charge is 0.262 e. The summed E-state index contributed by atoms with van der Waals surface area (Å²) in [5.74, 6) is 0. The molecule has 3 nitrogen and oxygen atoms in total. The van der Waals surface area contributed by atoms with E-state index in [1.165, 1.54) is 12.1 Å². The van der Waals surface area contributed by atoms with Crippen molar-refractivity contribution < 1.29 is 13.2 Å². The van der Waals surface area contributed by atoms with Crippen molar-refractivity contribution in [2.45, 2.75) is 4.90 Å². The minimum absolute atomic E-state index is 0.000556. The van der Waals surface area contributed by atoms with Crippen molar-refractivity contribution in [2.75, 3.05) is 0 Å². The Balaban J connectivity index is 3.44. The summed E-state index contributed by atoms with van der Waals surface area (Å²) >= 11 is 5.56. The first kappa shape index (κ1) is 10.5. The molecule has 6 heteroatoms. The molecular weight excluding hydrogens is 235 g/mol. The standard InChI is InChI=1S/C7H4Cl2O3S/c8-6-2-1-5(4-10)3-7(6)13(9,11)12/h1-4H. The van der Waals surface area contributed by atoms with E-state index in [1.54, 1.807) is 0 Å². The van der Waals surface area contributed by atoms with Crippen LogP contribution in [0.3, 0.4) is 0 Å². The summed E-state index contributed by atoms with van der Waals surface area (Å²) in [5.41, 5.74) is 0.212. The van der Waals surface area contributed by atoms with E-state index in [1.807, 2.05) is 0 Å². The van der Waals surface area contributed by atoms with Crippen LogP contribution in [0.4, 0.5) is 0 Å². The fraction of sp³-hybridized carbons (Fsp3) is 0. The predicted octanol–water partition coefficient (Wildman–Crippen LogP) is 2.08. The van der Waals surface area contributed by atoms with Crippen LogP contribution in [0.2, 0.25) is 5.02 Å². The summed E-state index contributed by atoms with van der Waals surface area (Å²) in [6.07, 6.45) is 0.516. The van der Waals surface area contributed by atoms with Crippen LogP contribution in [0.25, 0.3) is 0 Å². The van der Waals surface area contributed by atoms with Crippen LogP contribution in [0.5, 0.6) is 0 Å². The van der Waals surface area contributed by atoms with Crippen molar-refractivity contribution in [2.24, 2.45) is 0 Å². The third-order valence-electron chi connectivity index (χ3n) is 1.35. The van der Waals surface area contributed by atoms with Crippen LogP contribution in [0.15, 0.2) is 23.1 Å². The molecule has 0 amide bonds. The van der Waals surface area contributed by atoms with Gasteiger partial charge < -0.3 is 0 Å². The van der Waals surface area contributed by atoms with E-state index in [4.69, 9.17) is 22.3 Å². The Hall–Kier alpha value is -0.580. The highest BCUT2D eigenvalue weighted by Gasteiger charge is 2.14. The molecule has 0 N–H and O–H groups in total. The fourth-order valence-corrected chi connectivity index (χ4v) is 2.28. The number of benzene rings is 1. The molecule has 0 fully saturated rings. The number of carbonyl (C=O) groups is 1. The largest absolute Gasteiger partial charge is 0.298 e. The van der Waals surface area contributed by atoms with Gasteiger partial charge in [-0.25, -0.2) is 8.42 Å². The van der Waals surface area contributed by atoms with E-state index in [0.29, 0.717) is 6.29 Å². The zero-order valence-electron chi connectivity index (χ0n) is 6.20. The second-order valence-corrected chi connectivity index (χ2v) is 5.19. The monoisotopic (exact) mass is 238 g/mol. The molecule has 0 atom stereocenters. The molecule has 0 heterocycles. The van der Waals surface area contributed by atoms with Crippen LogP contribution in [-0.4, -0.2) is 14.7 Å². The average Bonchev–Trinajstić information content (AvgIpc) is 2.03. The minimum Gasteiger partial charge on any atom is -0.298 e. The SMILES string of the molecule is O=Cc1ccc(Cl)c(S(=O)(=O)Cl)c1. The Labute approximate surface area is 84.7 Å². The van der Waals surface area contributed by atoms with E-state index in [2.05, 4.69) is 0 Å². The first-order valence-corrected chi connectivity index (χ1v) is 5.83. The van der Waals surface area contributed by atoms with Gasteiger partial charge >= 0.3 is 0 Å². The maximum Gasteiger partial charge on any atom is 0.262 e. The van der Waals surface area contributed by atoms with Crippen LogP contribution in [0.1, 0.15) is 10.4 Å². The van der Waals surface area contributed by atoms with Gasteiger partial charge in [0.2, 0.25) is 0 Å². The van der Waals surface area contributed by atoms with Crippen LogP contribution >= 0.6 is 22.3 Å². The Morgan fingerprint density at radius 2 is 1.92 bits per heavy atom. The highest BCUT2D eigenvalue weighted by molar-refractivity contribution is 8.13. The molecular formula is C7H4Cl2O3S. The predicted molar refractivity (Wildman–Crippen MR) is 49.9 cm³/mol. The molecule has 1 rings (SSSR count). The Morgan fingerprint density at radius 3 is 2.38 bits per heavy atom. The molecule has 0 bridgehead atoms. The summed E-state index contributed by atoms with van der Waals surface area (Å²) in [6.45, 7) is 0. The third kappa shape index (κ3) is 2.43. The van der Waals surface area contributed by atoms with Gasteiger partial charge in [0.05, 0.1) is 5.02 Å². The summed E-state index contributed by atoms with van der Waals surface area (Å²) in [4.78, 5) is 10.1. The van der Waals surface area contributed by atoms with Crippen molar-refractivity contribution >= 4 is 37.6 Å². The molecule has 13 heavy (non-hydrogen) atoms. The first-order chi connectivity index (χ1) is 5.95. The van der Waals surface area contributed by atoms with Gasteiger partial charge in [-0.15, -0.1) is 0 Å². The van der Waals surface area contributed by atoms with Crippen molar-refractivity contribution in [1.82, 2.24) is 0 Å². The lowest BCUT2D eigenvalue weighted by Gasteiger charge is -1.99. The van der Waals surface area contributed by atoms with Crippen molar-refractivity contribution in [1.29, 1.82) is 0 Å². The second kappa shape index (κ2) is 3.65. The Morgan fingerprint density at radius 1 is 1.31 bits per heavy atom. The quantitative estimate of drug-likeness (QED) is 0.586. The maximum atomic E-state index is 10.9. The molecule has 0 aliphatic rings. The maximum absolute atomic E-state index is 10.9. The number of aldehydes is 1. The van der Waals surface area contributed by atoms with Crippen LogP contribution in [0, 0.1) is 0 Å². The number of carbonyl (C=O) groups excluding carboxylic acids is 1. The molecule has 0 aromatic heterocycles. The van der Waals surface area contributed by atoms with E-state index in [9.17, 15) is 13.2 Å². The van der Waals surface area contributed by atoms with Crippen LogP contribution < -0.4 is 0 Å². The molecule has 0 aliphatic carbocycles. The second-order valence-electron chi connectivity index (χ2n) is 2.25. The van der Waals surface area contributed by atoms with E-state index >= 15 is 0 Å². The van der Waals surface area contributed by atoms with Gasteiger partial charge in [-0.1, -0.05) is 17.7 Å². The Bertz CT molecular complexity index is 439. The van der Waals surface area contributed by atoms with Gasteiger partial charge in [0.1, 0.15) is 11.2 Å². The number of hydrogen-bond acceptors (Lipinski definition) is 3. The highest BCUT2D eigenvalue weighted by Crippen LogP contribution is 2.24.